The predicted molar refractivity (Wildman–Crippen MR) is 132 cm³/mol. The molecular weight excluding hydrogens is 380 g/mol. The Bertz CT molecular complexity index is 1080. The molecule has 0 radical (unpaired) electrons. The minimum Gasteiger partial charge on any atom is -0.333 e. The molecule has 0 amide bonds. The van der Waals surface area contributed by atoms with Crippen LogP contribution in [0, 0.1) is 0 Å². The molecule has 0 unspecified atom stereocenters. The molecule has 1 aromatic heterocycles. The van der Waals surface area contributed by atoms with Gasteiger partial charge in [-0.1, -0.05) is 75.9 Å². The molecule has 0 atom stereocenters. The van der Waals surface area contributed by atoms with Crippen molar-refractivity contribution in [1.29, 1.82) is 0 Å². The van der Waals surface area contributed by atoms with Crippen molar-refractivity contribution in [2.45, 2.75) is 40.0 Å². The van der Waals surface area contributed by atoms with Crippen LogP contribution in [0.1, 0.15) is 43.9 Å². The van der Waals surface area contributed by atoms with E-state index in [1.807, 2.05) is 56.1 Å². The Morgan fingerprint density at radius 1 is 1.13 bits per heavy atom. The first kappa shape index (κ1) is 24.0. The molecule has 0 aliphatic carbocycles. The number of aryl methyl sites for hydroxylation is 3. The van der Waals surface area contributed by atoms with Gasteiger partial charge < -0.3 is 4.57 Å². The number of benzene rings is 2. The van der Waals surface area contributed by atoms with Gasteiger partial charge in [0.25, 0.3) is 0 Å². The molecule has 0 fully saturated rings. The monoisotopic (exact) mass is 414 g/mol. The van der Waals surface area contributed by atoms with Crippen LogP contribution in [0.3, 0.4) is 0 Å². The first-order valence-corrected chi connectivity index (χ1v) is 11.0. The molecule has 0 saturated heterocycles. The van der Waals surface area contributed by atoms with Crippen LogP contribution in [0.5, 0.6) is 0 Å². The van der Waals surface area contributed by atoms with Crippen molar-refractivity contribution in [3.05, 3.63) is 95.4 Å². The van der Waals surface area contributed by atoms with E-state index in [1.54, 1.807) is 13.2 Å². The van der Waals surface area contributed by atoms with Crippen molar-refractivity contribution < 1.29 is 0 Å². The van der Waals surface area contributed by atoms with E-state index < -0.39 is 0 Å². The van der Waals surface area contributed by atoms with Gasteiger partial charge >= 0.3 is 0 Å². The predicted octanol–water partition coefficient (Wildman–Crippen LogP) is 5.77. The summed E-state index contributed by atoms with van der Waals surface area (Å²) in [5.74, 6) is 0. The highest BCUT2D eigenvalue weighted by Gasteiger charge is 2.06. The van der Waals surface area contributed by atoms with Crippen LogP contribution in [-0.4, -0.2) is 22.8 Å². The van der Waals surface area contributed by atoms with E-state index in [0.717, 1.165) is 41.7 Å². The Balaban J connectivity index is 0.00000166. The molecule has 0 aliphatic heterocycles. The molecule has 2 aromatic carbocycles. The van der Waals surface area contributed by atoms with Gasteiger partial charge in [-0.2, -0.15) is 0 Å². The maximum absolute atomic E-state index is 4.82. The van der Waals surface area contributed by atoms with Crippen molar-refractivity contribution in [2.75, 3.05) is 7.05 Å². The normalized spacial score (nSPS) is 11.3. The Kier molecular flexibility index (Phi) is 9.63. The maximum Gasteiger partial charge on any atom is 0.159 e. The van der Waals surface area contributed by atoms with Gasteiger partial charge in [-0.3, -0.25) is 9.98 Å². The lowest BCUT2D eigenvalue weighted by molar-refractivity contribution is 0.799. The van der Waals surface area contributed by atoms with E-state index in [4.69, 9.17) is 4.99 Å². The lowest BCUT2D eigenvalue weighted by atomic mass is 9.99. The van der Waals surface area contributed by atoms with E-state index in [9.17, 15) is 0 Å². The number of hydrogen-bond acceptors (Lipinski definition) is 3. The summed E-state index contributed by atoms with van der Waals surface area (Å²) in [4.78, 5) is 13.5. The summed E-state index contributed by atoms with van der Waals surface area (Å²) in [7, 11) is 3.79. The molecule has 1 heterocycles. The molecule has 0 aliphatic rings. The summed E-state index contributed by atoms with van der Waals surface area (Å²) < 4.78 is 1.99. The van der Waals surface area contributed by atoms with Gasteiger partial charge in [0, 0.05) is 44.0 Å². The molecule has 0 saturated carbocycles. The number of aromatic nitrogens is 2. The molecule has 4 nitrogen and oxygen atoms in total. The van der Waals surface area contributed by atoms with Crippen LogP contribution in [-0.2, 0) is 19.9 Å². The Hall–Kier alpha value is -3.27. The van der Waals surface area contributed by atoms with E-state index in [1.165, 1.54) is 16.7 Å². The molecule has 0 spiro atoms. The van der Waals surface area contributed by atoms with Crippen molar-refractivity contribution in [3.8, 4) is 11.3 Å². The van der Waals surface area contributed by atoms with Gasteiger partial charge in [0.15, 0.2) is 5.49 Å². The fraction of sp³-hybridized carbons (Fsp3) is 0.296. The van der Waals surface area contributed by atoms with Crippen molar-refractivity contribution in [3.63, 3.8) is 0 Å². The van der Waals surface area contributed by atoms with Gasteiger partial charge in [0.2, 0.25) is 0 Å². The molecule has 4 heteroatoms. The molecule has 31 heavy (non-hydrogen) atoms. The summed E-state index contributed by atoms with van der Waals surface area (Å²) in [6, 6.07) is 16.7. The minimum absolute atomic E-state index is 0.799. The van der Waals surface area contributed by atoms with Gasteiger partial charge in [0.1, 0.15) is 5.69 Å². The lowest BCUT2D eigenvalue weighted by Crippen LogP contribution is -2.21. The van der Waals surface area contributed by atoms with E-state index in [0.29, 0.717) is 0 Å². The van der Waals surface area contributed by atoms with E-state index in [-0.39, 0.29) is 0 Å². The van der Waals surface area contributed by atoms with Crippen molar-refractivity contribution in [2.24, 2.45) is 17.0 Å². The summed E-state index contributed by atoms with van der Waals surface area (Å²) in [6.07, 6.45) is 8.34. The van der Waals surface area contributed by atoms with Gasteiger partial charge in [-0.25, -0.2) is 4.99 Å². The van der Waals surface area contributed by atoms with Crippen LogP contribution < -0.4 is 5.49 Å². The molecule has 0 N–H and O–H groups in total. The second kappa shape index (κ2) is 12.4. The Labute approximate surface area is 186 Å². The second-order valence-corrected chi connectivity index (χ2v) is 7.03. The highest BCUT2D eigenvalue weighted by atomic mass is 15.0. The maximum atomic E-state index is 4.82. The van der Waals surface area contributed by atoms with Crippen LogP contribution in [0.4, 0.5) is 0 Å². The largest absolute Gasteiger partial charge is 0.333 e. The Morgan fingerprint density at radius 3 is 2.55 bits per heavy atom. The van der Waals surface area contributed by atoms with Crippen molar-refractivity contribution in [1.82, 2.24) is 9.55 Å². The Morgan fingerprint density at radius 2 is 1.87 bits per heavy atom. The van der Waals surface area contributed by atoms with E-state index >= 15 is 0 Å². The van der Waals surface area contributed by atoms with E-state index in [2.05, 4.69) is 53.8 Å². The zero-order valence-corrected chi connectivity index (χ0v) is 19.5. The third-order valence-electron chi connectivity index (χ3n) is 4.91. The highest BCUT2D eigenvalue weighted by molar-refractivity contribution is 5.81. The number of nitrogens with zero attached hydrogens (tertiary/aromatic N) is 4. The fourth-order valence-electron chi connectivity index (χ4n) is 3.31. The molecule has 0 bridgehead atoms. The number of allylic oxidation sites excluding steroid dienone is 1. The molecule has 3 aromatic rings. The smallest absolute Gasteiger partial charge is 0.159 e. The minimum atomic E-state index is 0.799. The highest BCUT2D eigenvalue weighted by Crippen LogP contribution is 2.16. The van der Waals surface area contributed by atoms with Gasteiger partial charge in [-0.05, 0) is 36.0 Å². The van der Waals surface area contributed by atoms with Crippen LogP contribution in [0.25, 0.3) is 11.3 Å². The summed E-state index contributed by atoms with van der Waals surface area (Å²) >= 11 is 0. The number of aliphatic imine (C=N–C) groups is 1. The topological polar surface area (TPSA) is 42.5 Å². The van der Waals surface area contributed by atoms with Crippen LogP contribution >= 0.6 is 0 Å². The third-order valence-corrected chi connectivity index (χ3v) is 4.91. The van der Waals surface area contributed by atoms with Crippen LogP contribution in [0.2, 0.25) is 0 Å². The molecule has 162 valence electrons. The number of hydrogen-bond donors (Lipinski definition) is 0. The summed E-state index contributed by atoms with van der Waals surface area (Å²) in [5.41, 5.74) is 7.41. The first-order chi connectivity index (χ1) is 15.1. The zero-order chi connectivity index (χ0) is 22.6. The molecular formula is C27H34N4. The third kappa shape index (κ3) is 6.61. The zero-order valence-electron chi connectivity index (χ0n) is 19.5. The van der Waals surface area contributed by atoms with Crippen LogP contribution in [0.15, 0.2) is 83.2 Å². The average Bonchev–Trinajstić information content (AvgIpc) is 2.81. The standard InChI is InChI=1S/C25H28N4.C2H6/c1-5-21-17-20(13-14-23(21)18-26-3)12-11-19(2)28-25-24(27-15-16-29(25)4)22-9-7-6-8-10-22;1-2/h6-10,13-18H,2,5,11-12H2,1,3-4H3;1-2H3. The molecule has 3 rings (SSSR count). The second-order valence-electron chi connectivity index (χ2n) is 7.03. The fourth-order valence-corrected chi connectivity index (χ4v) is 3.31. The first-order valence-electron chi connectivity index (χ1n) is 11.0. The van der Waals surface area contributed by atoms with Gasteiger partial charge in [0.05, 0.1) is 0 Å². The average molecular weight is 415 g/mol. The summed E-state index contributed by atoms with van der Waals surface area (Å²) in [6.45, 7) is 10.4. The quantitative estimate of drug-likeness (QED) is 0.452. The lowest BCUT2D eigenvalue weighted by Gasteiger charge is -2.09. The van der Waals surface area contributed by atoms with Crippen molar-refractivity contribution >= 4 is 6.21 Å². The van der Waals surface area contributed by atoms with Gasteiger partial charge in [-0.15, -0.1) is 0 Å². The SMILES string of the molecule is C=C(CCc1ccc(C=NC)c(CC)c1)N=c1c(-c2ccccc2)nccn1C.CC. The summed E-state index contributed by atoms with van der Waals surface area (Å²) in [5, 5.41) is 0. The number of rotatable bonds is 7.